The molecule has 0 spiro atoms. The van der Waals surface area contributed by atoms with Crippen LogP contribution in [0.25, 0.3) is 0 Å². The van der Waals surface area contributed by atoms with Crippen molar-refractivity contribution in [1.82, 2.24) is 5.32 Å². The van der Waals surface area contributed by atoms with Gasteiger partial charge >= 0.3 is 0 Å². The first-order valence-electron chi connectivity index (χ1n) is 9.37. The quantitative estimate of drug-likeness (QED) is 0.589. The Morgan fingerprint density at radius 2 is 2.14 bits per heavy atom. The van der Waals surface area contributed by atoms with E-state index in [1.54, 1.807) is 6.07 Å². The van der Waals surface area contributed by atoms with Crippen molar-refractivity contribution in [2.45, 2.75) is 25.9 Å². The lowest BCUT2D eigenvalue weighted by molar-refractivity contribution is 0.0975. The van der Waals surface area contributed by atoms with Gasteiger partial charge in [-0.05, 0) is 50.1 Å². The van der Waals surface area contributed by atoms with Crippen LogP contribution < -0.4 is 15.4 Å². The van der Waals surface area contributed by atoms with Crippen LogP contribution in [0.2, 0.25) is 0 Å². The van der Waals surface area contributed by atoms with Gasteiger partial charge in [-0.2, -0.15) is 0 Å². The number of nitrogens with one attached hydrogen (secondary N) is 2. The Bertz CT molecular complexity index is 835. The number of hydrogen-bond acceptors (Lipinski definition) is 4. The number of carbonyl (C=O) groups excluding carboxylic acids is 1. The highest BCUT2D eigenvalue weighted by Gasteiger charge is 2.17. The van der Waals surface area contributed by atoms with E-state index in [2.05, 4.69) is 15.6 Å². The average Bonchev–Trinajstić information content (AvgIpc) is 3.21. The van der Waals surface area contributed by atoms with Crippen molar-refractivity contribution in [3.8, 4) is 5.75 Å². The van der Waals surface area contributed by atoms with E-state index < -0.39 is 11.7 Å². The van der Waals surface area contributed by atoms with Gasteiger partial charge in [-0.25, -0.2) is 9.38 Å². The maximum atomic E-state index is 13.4. The molecule has 0 unspecified atom stereocenters. The van der Waals surface area contributed by atoms with Gasteiger partial charge in [0.15, 0.2) is 0 Å². The van der Waals surface area contributed by atoms with Crippen molar-refractivity contribution in [3.63, 3.8) is 0 Å². The van der Waals surface area contributed by atoms with E-state index in [4.69, 9.17) is 9.47 Å². The summed E-state index contributed by atoms with van der Waals surface area (Å²) in [5.74, 6) is -0.0149. The Balaban J connectivity index is 1.78. The largest absolute Gasteiger partial charge is 0.492 e. The molecule has 7 heteroatoms. The Hall–Kier alpha value is -2.93. The third kappa shape index (κ3) is 5.53. The molecule has 1 aliphatic heterocycles. The third-order valence-electron chi connectivity index (χ3n) is 4.24. The van der Waals surface area contributed by atoms with Crippen LogP contribution in [0.1, 0.15) is 30.1 Å². The lowest BCUT2D eigenvalue weighted by atomic mass is 10.2. The van der Waals surface area contributed by atoms with Crippen LogP contribution in [0.5, 0.6) is 5.75 Å². The van der Waals surface area contributed by atoms with Crippen LogP contribution in [0.15, 0.2) is 53.5 Å². The molecular formula is C21H24FN3O3. The smallest absolute Gasteiger partial charge is 0.258 e. The van der Waals surface area contributed by atoms with Crippen LogP contribution in [-0.2, 0) is 4.74 Å². The first-order chi connectivity index (χ1) is 13.7. The fourth-order valence-corrected chi connectivity index (χ4v) is 2.88. The van der Waals surface area contributed by atoms with Crippen molar-refractivity contribution in [2.75, 3.05) is 25.1 Å². The maximum absolute atomic E-state index is 13.4. The van der Waals surface area contributed by atoms with Gasteiger partial charge < -0.3 is 14.8 Å². The monoisotopic (exact) mass is 385 g/mol. The van der Waals surface area contributed by atoms with E-state index in [0.717, 1.165) is 19.4 Å². The van der Waals surface area contributed by atoms with Crippen molar-refractivity contribution >= 4 is 17.6 Å². The number of hydrogen-bond donors (Lipinski definition) is 2. The molecular weight excluding hydrogens is 361 g/mol. The number of benzene rings is 2. The molecule has 1 heterocycles. The summed E-state index contributed by atoms with van der Waals surface area (Å²) >= 11 is 0. The minimum Gasteiger partial charge on any atom is -0.492 e. The normalized spacial score (nSPS) is 16.6. The Morgan fingerprint density at radius 1 is 1.29 bits per heavy atom. The molecule has 0 aliphatic carbocycles. The van der Waals surface area contributed by atoms with Crippen molar-refractivity contribution in [2.24, 2.45) is 4.99 Å². The molecule has 2 aromatic rings. The van der Waals surface area contributed by atoms with E-state index >= 15 is 0 Å². The molecule has 0 aromatic heterocycles. The number of carbonyl (C=O) groups is 1. The highest BCUT2D eigenvalue weighted by molar-refractivity contribution is 6.10. The zero-order chi connectivity index (χ0) is 19.8. The van der Waals surface area contributed by atoms with Gasteiger partial charge in [-0.1, -0.05) is 18.2 Å². The lowest BCUT2D eigenvalue weighted by Gasteiger charge is -2.16. The van der Waals surface area contributed by atoms with Gasteiger partial charge in [0.05, 0.1) is 24.9 Å². The highest BCUT2D eigenvalue weighted by Crippen LogP contribution is 2.23. The minimum absolute atomic E-state index is 0.0324. The van der Waals surface area contributed by atoms with Crippen LogP contribution in [0, 0.1) is 5.82 Å². The van der Waals surface area contributed by atoms with E-state index in [1.807, 2.05) is 31.2 Å². The van der Waals surface area contributed by atoms with Crippen LogP contribution in [0.4, 0.5) is 10.1 Å². The predicted octanol–water partition coefficient (Wildman–Crippen LogP) is 3.60. The molecule has 1 atom stereocenters. The second-order valence-corrected chi connectivity index (χ2v) is 6.34. The number of rotatable bonds is 6. The Morgan fingerprint density at radius 3 is 2.89 bits per heavy atom. The zero-order valence-corrected chi connectivity index (χ0v) is 15.8. The molecule has 1 fully saturated rings. The number of aliphatic imine (C=N–C) groups is 1. The number of ether oxygens (including phenoxy) is 2. The van der Waals surface area contributed by atoms with Crippen LogP contribution in [0.3, 0.4) is 0 Å². The molecule has 3 rings (SSSR count). The summed E-state index contributed by atoms with van der Waals surface area (Å²) in [6, 6.07) is 12.9. The van der Waals surface area contributed by atoms with Gasteiger partial charge in [-0.15, -0.1) is 0 Å². The summed E-state index contributed by atoms with van der Waals surface area (Å²) in [4.78, 5) is 17.0. The zero-order valence-electron chi connectivity index (χ0n) is 15.8. The van der Waals surface area contributed by atoms with Gasteiger partial charge in [-0.3, -0.25) is 10.1 Å². The Kier molecular flexibility index (Phi) is 6.97. The number of anilines is 1. The maximum Gasteiger partial charge on any atom is 0.258 e. The minimum atomic E-state index is -0.472. The van der Waals surface area contributed by atoms with Crippen molar-refractivity contribution < 1.29 is 18.7 Å². The summed E-state index contributed by atoms with van der Waals surface area (Å²) < 4.78 is 24.7. The molecule has 28 heavy (non-hydrogen) atoms. The summed E-state index contributed by atoms with van der Waals surface area (Å²) in [7, 11) is 0. The highest BCUT2D eigenvalue weighted by atomic mass is 19.1. The fourth-order valence-electron chi connectivity index (χ4n) is 2.88. The number of guanidine groups is 1. The summed E-state index contributed by atoms with van der Waals surface area (Å²) in [5.41, 5.74) is 0.889. The SMILES string of the molecule is CCOc1ccccc1NC(=NC[C@H]1CCCO1)NC(=O)c1cccc(F)c1. The van der Waals surface area contributed by atoms with E-state index in [1.165, 1.54) is 18.2 Å². The molecule has 1 aliphatic rings. The second kappa shape index (κ2) is 9.85. The average molecular weight is 385 g/mol. The van der Waals surface area contributed by atoms with Gasteiger partial charge in [0.25, 0.3) is 5.91 Å². The summed E-state index contributed by atoms with van der Waals surface area (Å²) in [6.07, 6.45) is 1.97. The van der Waals surface area contributed by atoms with Crippen molar-refractivity contribution in [3.05, 3.63) is 59.9 Å². The fraction of sp³-hybridized carbons (Fsp3) is 0.333. The molecule has 1 amide bonds. The number of para-hydroxylation sites is 2. The predicted molar refractivity (Wildman–Crippen MR) is 106 cm³/mol. The lowest BCUT2D eigenvalue weighted by Crippen LogP contribution is -2.37. The first kappa shape index (κ1) is 19.8. The number of nitrogens with zero attached hydrogens (tertiary/aromatic N) is 1. The molecule has 0 bridgehead atoms. The van der Waals surface area contributed by atoms with Crippen molar-refractivity contribution in [1.29, 1.82) is 0 Å². The van der Waals surface area contributed by atoms with Gasteiger partial charge in [0.2, 0.25) is 5.96 Å². The Labute approximate surface area is 163 Å². The van der Waals surface area contributed by atoms with E-state index in [-0.39, 0.29) is 17.6 Å². The molecule has 0 saturated carbocycles. The van der Waals surface area contributed by atoms with Crippen LogP contribution >= 0.6 is 0 Å². The molecule has 2 N–H and O–H groups in total. The number of halogens is 1. The number of amides is 1. The van der Waals surface area contributed by atoms with Gasteiger partial charge in [0.1, 0.15) is 11.6 Å². The molecule has 6 nitrogen and oxygen atoms in total. The van der Waals surface area contributed by atoms with E-state index in [9.17, 15) is 9.18 Å². The summed E-state index contributed by atoms with van der Waals surface area (Å²) in [5, 5.41) is 5.84. The molecule has 2 aromatic carbocycles. The van der Waals surface area contributed by atoms with Crippen LogP contribution in [-0.4, -0.2) is 37.7 Å². The van der Waals surface area contributed by atoms with Gasteiger partial charge in [0, 0.05) is 12.2 Å². The molecule has 0 radical (unpaired) electrons. The standard InChI is InChI=1S/C21H24FN3O3/c1-2-27-19-11-4-3-10-18(19)24-21(23-14-17-9-6-12-28-17)25-20(26)15-7-5-8-16(22)13-15/h3-5,7-8,10-11,13,17H,2,6,9,12,14H2,1H3,(H2,23,24,25,26)/t17-/m1/s1. The summed E-state index contributed by atoms with van der Waals surface area (Å²) in [6.45, 7) is 3.56. The topological polar surface area (TPSA) is 71.9 Å². The van der Waals surface area contributed by atoms with E-state index in [0.29, 0.717) is 24.6 Å². The third-order valence-corrected chi connectivity index (χ3v) is 4.24. The molecule has 148 valence electrons. The molecule has 1 saturated heterocycles. The first-order valence-corrected chi connectivity index (χ1v) is 9.37. The second-order valence-electron chi connectivity index (χ2n) is 6.34.